The maximum Gasteiger partial charge on any atom is 0.305 e. The molecular weight excluding hydrogens is 364 g/mol. The van der Waals surface area contributed by atoms with E-state index in [4.69, 9.17) is 5.73 Å². The predicted octanol–water partition coefficient (Wildman–Crippen LogP) is 2.84. The first-order chi connectivity index (χ1) is 12.4. The van der Waals surface area contributed by atoms with Crippen LogP contribution in [0.1, 0.15) is 17.5 Å². The highest BCUT2D eigenvalue weighted by atomic mass is 35.5. The minimum absolute atomic E-state index is 0. The van der Waals surface area contributed by atoms with Crippen molar-refractivity contribution in [3.05, 3.63) is 59.7 Å². The highest BCUT2D eigenvalue weighted by Crippen LogP contribution is 2.21. The van der Waals surface area contributed by atoms with Crippen molar-refractivity contribution in [3.8, 4) is 11.1 Å². The molecule has 1 amide bonds. The molecule has 6 heteroatoms. The Balaban J connectivity index is 0.00000364. The highest BCUT2D eigenvalue weighted by molar-refractivity contribution is 5.85. The van der Waals surface area contributed by atoms with Crippen LogP contribution in [0.15, 0.2) is 48.5 Å². The second-order valence-corrected chi connectivity index (χ2v) is 6.51. The Morgan fingerprint density at radius 1 is 0.963 bits per heavy atom. The Hall–Kier alpha value is -2.37. The Labute approximate surface area is 166 Å². The van der Waals surface area contributed by atoms with Gasteiger partial charge in [0.15, 0.2) is 0 Å². The molecule has 5 nitrogen and oxygen atoms in total. The third kappa shape index (κ3) is 6.70. The lowest BCUT2D eigenvalue weighted by Crippen LogP contribution is -2.41. The third-order valence-electron chi connectivity index (χ3n) is 4.30. The topological polar surface area (TPSA) is 72.6 Å². The normalized spacial score (nSPS) is 11.3. The smallest absolute Gasteiger partial charge is 0.305 e. The Morgan fingerprint density at radius 3 is 1.89 bits per heavy atom. The van der Waals surface area contributed by atoms with E-state index in [0.29, 0.717) is 19.3 Å². The molecule has 0 bridgehead atoms. The summed E-state index contributed by atoms with van der Waals surface area (Å²) in [7, 11) is 4.82. The minimum atomic E-state index is -0.523. The summed E-state index contributed by atoms with van der Waals surface area (Å²) >= 11 is 0. The zero-order valence-electron chi connectivity index (χ0n) is 16.0. The number of benzene rings is 2. The molecule has 146 valence electrons. The van der Waals surface area contributed by atoms with E-state index >= 15 is 0 Å². The summed E-state index contributed by atoms with van der Waals surface area (Å²) in [5.74, 6) is -0.271. The van der Waals surface area contributed by atoms with Crippen molar-refractivity contribution in [2.45, 2.75) is 25.3 Å². The van der Waals surface area contributed by atoms with E-state index in [1.54, 1.807) is 14.1 Å². The molecule has 0 heterocycles. The average Bonchev–Trinajstić information content (AvgIpc) is 2.66. The van der Waals surface area contributed by atoms with Crippen LogP contribution in [0.3, 0.4) is 0 Å². The van der Waals surface area contributed by atoms with Gasteiger partial charge >= 0.3 is 5.97 Å². The first kappa shape index (κ1) is 22.7. The van der Waals surface area contributed by atoms with Gasteiger partial charge in [0.1, 0.15) is 0 Å². The van der Waals surface area contributed by atoms with Gasteiger partial charge in [0.05, 0.1) is 13.2 Å². The van der Waals surface area contributed by atoms with Gasteiger partial charge in [0, 0.05) is 20.5 Å². The number of methoxy groups -OCH3 is 1. The van der Waals surface area contributed by atoms with Gasteiger partial charge in [-0.2, -0.15) is 0 Å². The van der Waals surface area contributed by atoms with E-state index in [-0.39, 0.29) is 24.3 Å². The molecule has 0 spiro atoms. The molecule has 1 atom stereocenters. The first-order valence-electron chi connectivity index (χ1n) is 8.62. The number of carbonyl (C=O) groups excluding carboxylic acids is 2. The van der Waals surface area contributed by atoms with E-state index < -0.39 is 6.04 Å². The fourth-order valence-electron chi connectivity index (χ4n) is 2.72. The number of nitrogens with zero attached hydrogens (tertiary/aromatic N) is 1. The number of ether oxygens (including phenoxy) is 1. The number of esters is 1. The van der Waals surface area contributed by atoms with Gasteiger partial charge < -0.3 is 15.4 Å². The summed E-state index contributed by atoms with van der Waals surface area (Å²) in [6, 6.07) is 15.7. The Kier molecular flexibility index (Phi) is 8.98. The molecule has 2 aromatic carbocycles. The van der Waals surface area contributed by atoms with Crippen LogP contribution in [0.4, 0.5) is 0 Å². The van der Waals surface area contributed by atoms with Gasteiger partial charge in [-0.25, -0.2) is 0 Å². The molecule has 0 fully saturated rings. The molecule has 0 saturated heterocycles. The first-order valence-corrected chi connectivity index (χ1v) is 8.62. The maximum atomic E-state index is 11.9. The molecule has 0 aliphatic heterocycles. The van der Waals surface area contributed by atoms with Crippen molar-refractivity contribution < 1.29 is 14.3 Å². The molecule has 1 unspecified atom stereocenters. The second kappa shape index (κ2) is 10.7. The molecule has 0 saturated carbocycles. The lowest BCUT2D eigenvalue weighted by atomic mass is 9.99. The van der Waals surface area contributed by atoms with Crippen molar-refractivity contribution in [3.63, 3.8) is 0 Å². The van der Waals surface area contributed by atoms with Gasteiger partial charge in [-0.05, 0) is 35.1 Å². The van der Waals surface area contributed by atoms with Gasteiger partial charge in [-0.15, -0.1) is 12.4 Å². The minimum Gasteiger partial charge on any atom is -0.469 e. The van der Waals surface area contributed by atoms with Crippen LogP contribution >= 0.6 is 12.4 Å². The highest BCUT2D eigenvalue weighted by Gasteiger charge is 2.15. The van der Waals surface area contributed by atoms with Crippen molar-refractivity contribution in [1.29, 1.82) is 0 Å². The molecule has 2 rings (SSSR count). The molecule has 0 aromatic heterocycles. The van der Waals surface area contributed by atoms with Gasteiger partial charge in [0.2, 0.25) is 5.91 Å². The monoisotopic (exact) mass is 390 g/mol. The van der Waals surface area contributed by atoms with Crippen molar-refractivity contribution in [1.82, 2.24) is 4.90 Å². The summed E-state index contributed by atoms with van der Waals surface area (Å²) in [6.45, 7) is 0. The summed E-state index contributed by atoms with van der Waals surface area (Å²) < 4.78 is 4.66. The number of likely N-dealkylation sites (N-methyl/N-ethyl adjacent to an activating group) is 1. The molecule has 0 aliphatic rings. The summed E-state index contributed by atoms with van der Waals surface area (Å²) in [6.07, 6.45) is 1.57. The standard InChI is InChI=1S/C21H26N2O3.ClH/c1-23(2)21(25)19(22)14-16-6-11-18(12-7-16)17-9-4-15(5-10-17)8-13-20(24)26-3;/h4-7,9-12,19H,8,13-14,22H2,1-3H3;1H. The Morgan fingerprint density at radius 2 is 1.44 bits per heavy atom. The van der Waals surface area contributed by atoms with E-state index in [0.717, 1.165) is 22.3 Å². The number of hydrogen-bond acceptors (Lipinski definition) is 4. The van der Waals surface area contributed by atoms with Crippen LogP contribution in [0.5, 0.6) is 0 Å². The molecular formula is C21H27ClN2O3. The van der Waals surface area contributed by atoms with E-state index in [2.05, 4.69) is 4.74 Å². The van der Waals surface area contributed by atoms with Crippen LogP contribution in [-0.4, -0.2) is 44.0 Å². The third-order valence-corrected chi connectivity index (χ3v) is 4.30. The number of halogens is 1. The number of hydrogen-bond donors (Lipinski definition) is 1. The lowest BCUT2D eigenvalue weighted by molar-refractivity contribution is -0.140. The van der Waals surface area contributed by atoms with E-state index in [1.807, 2.05) is 48.5 Å². The zero-order valence-corrected chi connectivity index (χ0v) is 16.8. The Bertz CT molecular complexity index is 743. The number of aryl methyl sites for hydroxylation is 1. The fraction of sp³-hybridized carbons (Fsp3) is 0.333. The molecule has 0 radical (unpaired) electrons. The average molecular weight is 391 g/mol. The maximum absolute atomic E-state index is 11.9. The van der Waals surface area contributed by atoms with Gasteiger partial charge in [0.25, 0.3) is 0 Å². The lowest BCUT2D eigenvalue weighted by Gasteiger charge is -2.16. The number of amides is 1. The van der Waals surface area contributed by atoms with Crippen LogP contribution in [-0.2, 0) is 27.2 Å². The van der Waals surface area contributed by atoms with Gasteiger partial charge in [-0.1, -0.05) is 48.5 Å². The van der Waals surface area contributed by atoms with Crippen molar-refractivity contribution in [2.75, 3.05) is 21.2 Å². The van der Waals surface area contributed by atoms with Crippen LogP contribution < -0.4 is 5.73 Å². The largest absolute Gasteiger partial charge is 0.469 e. The predicted molar refractivity (Wildman–Crippen MR) is 110 cm³/mol. The molecule has 0 aliphatic carbocycles. The van der Waals surface area contributed by atoms with Crippen molar-refractivity contribution >= 4 is 24.3 Å². The fourth-order valence-corrected chi connectivity index (χ4v) is 2.72. The molecule has 2 aromatic rings. The van der Waals surface area contributed by atoms with Crippen molar-refractivity contribution in [2.24, 2.45) is 5.73 Å². The summed E-state index contributed by atoms with van der Waals surface area (Å²) in [5.41, 5.74) is 10.3. The van der Waals surface area contributed by atoms with Crippen LogP contribution in [0, 0.1) is 0 Å². The van der Waals surface area contributed by atoms with Crippen LogP contribution in [0.25, 0.3) is 11.1 Å². The quantitative estimate of drug-likeness (QED) is 0.738. The molecule has 27 heavy (non-hydrogen) atoms. The van der Waals surface area contributed by atoms with E-state index in [1.165, 1.54) is 12.0 Å². The zero-order chi connectivity index (χ0) is 19.1. The second-order valence-electron chi connectivity index (χ2n) is 6.51. The number of rotatable bonds is 7. The van der Waals surface area contributed by atoms with Crippen LogP contribution in [0.2, 0.25) is 0 Å². The van der Waals surface area contributed by atoms with E-state index in [9.17, 15) is 9.59 Å². The number of nitrogens with two attached hydrogens (primary N) is 1. The number of carbonyl (C=O) groups is 2. The molecule has 2 N–H and O–H groups in total. The SMILES string of the molecule is COC(=O)CCc1ccc(-c2ccc(CC(N)C(=O)N(C)C)cc2)cc1.Cl. The van der Waals surface area contributed by atoms with Gasteiger partial charge in [-0.3, -0.25) is 9.59 Å². The summed E-state index contributed by atoms with van der Waals surface area (Å²) in [5, 5.41) is 0. The summed E-state index contributed by atoms with van der Waals surface area (Å²) in [4.78, 5) is 24.6.